The molecule has 2 N–H and O–H groups in total. The number of nitrogens with one attached hydrogen (secondary N) is 1. The highest BCUT2D eigenvalue weighted by atomic mass is 79.9. The van der Waals surface area contributed by atoms with Crippen molar-refractivity contribution in [1.82, 2.24) is 10.2 Å². The quantitative estimate of drug-likeness (QED) is 0.889. The molecule has 2 rings (SSSR count). The van der Waals surface area contributed by atoms with Crippen molar-refractivity contribution in [3.8, 4) is 0 Å². The molecule has 0 unspecified atom stereocenters. The molecule has 0 bridgehead atoms. The van der Waals surface area contributed by atoms with Gasteiger partial charge in [0.25, 0.3) is 0 Å². The second-order valence-electron chi connectivity index (χ2n) is 4.51. The molecule has 1 aromatic carbocycles. The van der Waals surface area contributed by atoms with Crippen molar-refractivity contribution in [2.24, 2.45) is 0 Å². The number of benzene rings is 1. The molecule has 1 aliphatic rings. The first-order chi connectivity index (χ1) is 9.56. The van der Waals surface area contributed by atoms with Crippen LogP contribution in [-0.4, -0.2) is 35.1 Å². The Morgan fingerprint density at radius 1 is 1.30 bits per heavy atom. The summed E-state index contributed by atoms with van der Waals surface area (Å²) in [7, 11) is 0. The van der Waals surface area contributed by atoms with Crippen LogP contribution in [0.25, 0.3) is 0 Å². The minimum atomic E-state index is -0.953. The van der Waals surface area contributed by atoms with Crippen molar-refractivity contribution in [2.75, 3.05) is 13.1 Å². The van der Waals surface area contributed by atoms with Gasteiger partial charge in [0.15, 0.2) is 0 Å². The zero-order chi connectivity index (χ0) is 14.5. The smallest absolute Gasteiger partial charge is 0.335 e. The average molecular weight is 339 g/mol. The molecule has 20 heavy (non-hydrogen) atoms. The number of carbonyl (C=O) groups is 2. The number of hydrogen-bond donors (Lipinski definition) is 2. The first-order valence-corrected chi connectivity index (χ1v) is 7.05. The van der Waals surface area contributed by atoms with Gasteiger partial charge in [-0.15, -0.1) is 0 Å². The normalized spacial score (nSPS) is 14.7. The van der Waals surface area contributed by atoms with Gasteiger partial charge in [-0.2, -0.15) is 0 Å². The van der Waals surface area contributed by atoms with E-state index < -0.39 is 5.97 Å². The molecule has 0 saturated carbocycles. The lowest BCUT2D eigenvalue weighted by atomic mass is 10.1. The highest BCUT2D eigenvalue weighted by Crippen LogP contribution is 2.16. The molecule has 0 aliphatic carbocycles. The van der Waals surface area contributed by atoms with Crippen LogP contribution in [0.15, 0.2) is 34.8 Å². The minimum Gasteiger partial charge on any atom is -0.478 e. The van der Waals surface area contributed by atoms with Gasteiger partial charge in [0.1, 0.15) is 0 Å². The van der Waals surface area contributed by atoms with E-state index in [-0.39, 0.29) is 11.6 Å². The first-order valence-electron chi connectivity index (χ1n) is 6.26. The Bertz CT molecular complexity index is 540. The van der Waals surface area contributed by atoms with E-state index in [4.69, 9.17) is 5.11 Å². The lowest BCUT2D eigenvalue weighted by Gasteiger charge is -2.25. The fourth-order valence-corrected chi connectivity index (χ4v) is 2.21. The number of nitrogens with zero attached hydrogens (tertiary/aromatic N) is 1. The third-order valence-corrected chi connectivity index (χ3v) is 3.81. The van der Waals surface area contributed by atoms with Crippen molar-refractivity contribution in [2.45, 2.75) is 13.0 Å². The third kappa shape index (κ3) is 3.84. The lowest BCUT2D eigenvalue weighted by molar-refractivity contribution is 0.0697. The van der Waals surface area contributed by atoms with Crippen LogP contribution in [-0.2, 0) is 6.54 Å². The number of carboxylic acid groups (broad SMARTS) is 1. The maximum Gasteiger partial charge on any atom is 0.335 e. The maximum absolute atomic E-state index is 11.9. The van der Waals surface area contributed by atoms with Gasteiger partial charge in [-0.3, -0.25) is 0 Å². The summed E-state index contributed by atoms with van der Waals surface area (Å²) in [4.78, 5) is 24.4. The average Bonchev–Trinajstić information content (AvgIpc) is 2.46. The van der Waals surface area contributed by atoms with Gasteiger partial charge in [-0.1, -0.05) is 34.1 Å². The van der Waals surface area contributed by atoms with Crippen LogP contribution in [0.1, 0.15) is 22.3 Å². The van der Waals surface area contributed by atoms with Crippen molar-refractivity contribution in [3.63, 3.8) is 0 Å². The number of amides is 2. The van der Waals surface area contributed by atoms with Crippen LogP contribution in [0.5, 0.6) is 0 Å². The second-order valence-corrected chi connectivity index (χ2v) is 5.53. The van der Waals surface area contributed by atoms with Crippen molar-refractivity contribution in [1.29, 1.82) is 0 Å². The summed E-state index contributed by atoms with van der Waals surface area (Å²) in [5.41, 5.74) is 1.11. The molecule has 0 atom stereocenters. The Labute approximate surface area is 125 Å². The molecule has 0 saturated heterocycles. The SMILES string of the molecule is O=C(O)c1ccc(CNC(=O)N2CC=C(Br)CC2)cc1. The summed E-state index contributed by atoms with van der Waals surface area (Å²) in [6.07, 6.45) is 2.81. The molecule has 0 aromatic heterocycles. The van der Waals surface area contributed by atoms with E-state index in [1.807, 2.05) is 6.08 Å². The van der Waals surface area contributed by atoms with E-state index >= 15 is 0 Å². The number of rotatable bonds is 3. The number of halogens is 1. The molecule has 1 aromatic rings. The van der Waals surface area contributed by atoms with Gasteiger partial charge in [0.2, 0.25) is 0 Å². The Kier molecular flexibility index (Phi) is 4.79. The summed E-state index contributed by atoms with van der Waals surface area (Å²) in [5.74, 6) is -0.953. The molecule has 106 valence electrons. The van der Waals surface area contributed by atoms with E-state index in [1.165, 1.54) is 12.1 Å². The lowest BCUT2D eigenvalue weighted by Crippen LogP contribution is -2.41. The number of hydrogen-bond acceptors (Lipinski definition) is 2. The van der Waals surface area contributed by atoms with Gasteiger partial charge in [0, 0.05) is 19.6 Å². The van der Waals surface area contributed by atoms with Crippen molar-refractivity contribution in [3.05, 3.63) is 46.0 Å². The Hall–Kier alpha value is -1.82. The standard InChI is InChI=1S/C14H15BrN2O3/c15-12-5-7-17(8-6-12)14(20)16-9-10-1-3-11(4-2-10)13(18)19/h1-5H,6-9H2,(H,16,20)(H,18,19). The summed E-state index contributed by atoms with van der Waals surface area (Å²) < 4.78 is 1.13. The van der Waals surface area contributed by atoms with Crippen LogP contribution < -0.4 is 5.32 Å². The highest BCUT2D eigenvalue weighted by Gasteiger charge is 2.15. The fourth-order valence-electron chi connectivity index (χ4n) is 1.88. The van der Waals surface area contributed by atoms with Crippen LogP contribution in [0.2, 0.25) is 0 Å². The van der Waals surface area contributed by atoms with E-state index in [9.17, 15) is 9.59 Å². The molecule has 6 heteroatoms. The number of carboxylic acids is 1. The molecule has 0 radical (unpaired) electrons. The summed E-state index contributed by atoms with van der Waals surface area (Å²) in [6.45, 7) is 1.69. The van der Waals surface area contributed by atoms with Gasteiger partial charge in [-0.25, -0.2) is 9.59 Å². The van der Waals surface area contributed by atoms with Crippen molar-refractivity contribution >= 4 is 27.9 Å². The van der Waals surface area contributed by atoms with Crippen LogP contribution >= 0.6 is 15.9 Å². The van der Waals surface area contributed by atoms with Crippen LogP contribution in [0, 0.1) is 0 Å². The van der Waals surface area contributed by atoms with Crippen LogP contribution in [0.4, 0.5) is 4.79 Å². The van der Waals surface area contributed by atoms with E-state index in [1.54, 1.807) is 17.0 Å². The van der Waals surface area contributed by atoms with Crippen LogP contribution in [0.3, 0.4) is 0 Å². The fraction of sp³-hybridized carbons (Fsp3) is 0.286. The molecular weight excluding hydrogens is 324 g/mol. The zero-order valence-electron chi connectivity index (χ0n) is 10.8. The van der Waals surface area contributed by atoms with Gasteiger partial charge >= 0.3 is 12.0 Å². The Morgan fingerprint density at radius 3 is 2.55 bits per heavy atom. The molecule has 0 fully saturated rings. The summed E-state index contributed by atoms with van der Waals surface area (Å²) in [5, 5.41) is 11.6. The topological polar surface area (TPSA) is 69.6 Å². The largest absolute Gasteiger partial charge is 0.478 e. The monoisotopic (exact) mass is 338 g/mol. The van der Waals surface area contributed by atoms with Gasteiger partial charge < -0.3 is 15.3 Å². The predicted molar refractivity (Wildman–Crippen MR) is 78.8 cm³/mol. The molecule has 5 nitrogen and oxygen atoms in total. The van der Waals surface area contributed by atoms with E-state index in [2.05, 4.69) is 21.2 Å². The summed E-state index contributed by atoms with van der Waals surface area (Å²) in [6, 6.07) is 6.37. The minimum absolute atomic E-state index is 0.108. The molecule has 2 amide bonds. The summed E-state index contributed by atoms with van der Waals surface area (Å²) >= 11 is 3.41. The Balaban J connectivity index is 1.85. The van der Waals surface area contributed by atoms with Crippen molar-refractivity contribution < 1.29 is 14.7 Å². The number of carbonyl (C=O) groups excluding carboxylic acids is 1. The molecule has 1 heterocycles. The predicted octanol–water partition coefficient (Wildman–Crippen LogP) is 2.58. The van der Waals surface area contributed by atoms with E-state index in [0.29, 0.717) is 19.6 Å². The maximum atomic E-state index is 11.9. The molecule has 1 aliphatic heterocycles. The number of aromatic carboxylic acids is 1. The van der Waals surface area contributed by atoms with E-state index in [0.717, 1.165) is 16.5 Å². The second kappa shape index (κ2) is 6.56. The molecular formula is C14H15BrN2O3. The zero-order valence-corrected chi connectivity index (χ0v) is 12.4. The Morgan fingerprint density at radius 2 is 2.00 bits per heavy atom. The highest BCUT2D eigenvalue weighted by molar-refractivity contribution is 9.11. The third-order valence-electron chi connectivity index (χ3n) is 3.09. The number of urea groups is 1. The van der Waals surface area contributed by atoms with Gasteiger partial charge in [-0.05, 0) is 28.6 Å². The molecule has 0 spiro atoms. The van der Waals surface area contributed by atoms with Gasteiger partial charge in [0.05, 0.1) is 5.56 Å². The first kappa shape index (κ1) is 14.6.